The lowest BCUT2D eigenvalue weighted by Gasteiger charge is -2.44. The maximum Gasteiger partial charge on any atom is 0.123 e. The number of ether oxygens (including phenoxy) is 1. The Bertz CT molecular complexity index is 1100. The zero-order valence-electron chi connectivity index (χ0n) is 20.3. The first-order valence-electron chi connectivity index (χ1n) is 12.0. The summed E-state index contributed by atoms with van der Waals surface area (Å²) in [5.41, 5.74) is 5.71. The number of aliphatic hydroxyl groups is 1. The molecule has 0 fully saturated rings. The number of benzene rings is 3. The van der Waals surface area contributed by atoms with Crippen molar-refractivity contribution >= 4 is 0 Å². The molecule has 0 amide bonds. The first-order chi connectivity index (χ1) is 15.8. The fourth-order valence-corrected chi connectivity index (χ4v) is 5.69. The molecule has 0 spiro atoms. The zero-order valence-corrected chi connectivity index (χ0v) is 20.3. The van der Waals surface area contributed by atoms with E-state index in [0.717, 1.165) is 41.7 Å². The van der Waals surface area contributed by atoms with Crippen LogP contribution in [0.4, 0.5) is 0 Å². The average Bonchev–Trinajstić information content (AvgIpc) is 2.82. The molecule has 33 heavy (non-hydrogen) atoms. The van der Waals surface area contributed by atoms with Gasteiger partial charge in [0.05, 0.1) is 0 Å². The van der Waals surface area contributed by atoms with Gasteiger partial charge in [0.15, 0.2) is 0 Å². The molecule has 0 heterocycles. The number of allylic oxidation sites excluding steroid dienone is 2. The largest absolute Gasteiger partial charge is 0.489 e. The van der Waals surface area contributed by atoms with Crippen LogP contribution in [0.1, 0.15) is 75.3 Å². The summed E-state index contributed by atoms with van der Waals surface area (Å²) in [7, 11) is 0. The van der Waals surface area contributed by atoms with Crippen LogP contribution in [0.3, 0.4) is 0 Å². The van der Waals surface area contributed by atoms with Gasteiger partial charge in [-0.05, 0) is 60.4 Å². The number of hydrogen-bond donors (Lipinski definition) is 1. The Kier molecular flexibility index (Phi) is 6.76. The third-order valence-electron chi connectivity index (χ3n) is 6.97. The van der Waals surface area contributed by atoms with Crippen LogP contribution in [0.25, 0.3) is 0 Å². The number of aliphatic hydroxyl groups excluding tert-OH is 1. The third-order valence-corrected chi connectivity index (χ3v) is 6.97. The molecule has 0 aromatic heterocycles. The van der Waals surface area contributed by atoms with Crippen LogP contribution in [-0.2, 0) is 12.0 Å². The van der Waals surface area contributed by atoms with Crippen molar-refractivity contribution in [2.45, 2.75) is 65.1 Å². The smallest absolute Gasteiger partial charge is 0.123 e. The monoisotopic (exact) mass is 440 g/mol. The second-order valence-electron chi connectivity index (χ2n) is 10.3. The highest BCUT2D eigenvalue weighted by Crippen LogP contribution is 2.51. The van der Waals surface area contributed by atoms with Crippen LogP contribution in [0.2, 0.25) is 0 Å². The second kappa shape index (κ2) is 9.57. The van der Waals surface area contributed by atoms with Gasteiger partial charge in [-0.3, -0.25) is 0 Å². The standard InChI is InChI=1S/C31H36O2/c1-5-31(20-23(2)19-30(3,4)22-31)27-18-26(29(32)25-14-10-7-11-15-25)16-17-28(27)33-21-24-12-8-6-9-13-24/h6-19,29,32H,5,20-22H2,1-4H3. The quantitative estimate of drug-likeness (QED) is 0.380. The van der Waals surface area contributed by atoms with Gasteiger partial charge >= 0.3 is 0 Å². The summed E-state index contributed by atoms with van der Waals surface area (Å²) in [5, 5.41) is 11.2. The topological polar surface area (TPSA) is 29.5 Å². The minimum absolute atomic E-state index is 0.0270. The van der Waals surface area contributed by atoms with Crippen LogP contribution in [0.15, 0.2) is 90.5 Å². The minimum atomic E-state index is -0.657. The molecule has 0 bridgehead atoms. The van der Waals surface area contributed by atoms with Crippen LogP contribution >= 0.6 is 0 Å². The molecule has 2 heteroatoms. The van der Waals surface area contributed by atoms with Crippen molar-refractivity contribution in [2.24, 2.45) is 5.41 Å². The van der Waals surface area contributed by atoms with E-state index in [0.29, 0.717) is 6.61 Å². The molecule has 0 saturated heterocycles. The van der Waals surface area contributed by atoms with Crippen LogP contribution in [0, 0.1) is 5.41 Å². The molecular weight excluding hydrogens is 404 g/mol. The first-order valence-corrected chi connectivity index (χ1v) is 12.0. The van der Waals surface area contributed by atoms with Gasteiger partial charge in [-0.2, -0.15) is 0 Å². The van der Waals surface area contributed by atoms with E-state index in [9.17, 15) is 5.11 Å². The Morgan fingerprint density at radius 3 is 2.21 bits per heavy atom. The molecule has 1 aliphatic carbocycles. The Hall–Kier alpha value is -2.84. The summed E-state index contributed by atoms with van der Waals surface area (Å²) in [6.07, 6.45) is 4.86. The molecule has 0 aliphatic heterocycles. The molecule has 0 saturated carbocycles. The normalized spacial score (nSPS) is 20.7. The zero-order chi connectivity index (χ0) is 23.5. The van der Waals surface area contributed by atoms with Gasteiger partial charge in [0.1, 0.15) is 18.5 Å². The van der Waals surface area contributed by atoms with Crippen LogP contribution in [0.5, 0.6) is 5.75 Å². The first kappa shape index (κ1) is 23.3. The molecule has 3 aromatic carbocycles. The molecule has 172 valence electrons. The Morgan fingerprint density at radius 2 is 1.58 bits per heavy atom. The second-order valence-corrected chi connectivity index (χ2v) is 10.3. The fraction of sp³-hybridized carbons (Fsp3) is 0.355. The maximum absolute atomic E-state index is 11.2. The molecule has 4 rings (SSSR count). The Balaban J connectivity index is 1.77. The summed E-state index contributed by atoms with van der Waals surface area (Å²) < 4.78 is 6.45. The van der Waals surface area contributed by atoms with Crippen molar-refractivity contribution in [3.8, 4) is 5.75 Å². The van der Waals surface area contributed by atoms with Crippen LogP contribution < -0.4 is 4.74 Å². The van der Waals surface area contributed by atoms with E-state index in [1.165, 1.54) is 11.1 Å². The van der Waals surface area contributed by atoms with E-state index >= 15 is 0 Å². The predicted octanol–water partition coefficient (Wildman–Crippen LogP) is 7.76. The van der Waals surface area contributed by atoms with Gasteiger partial charge in [-0.25, -0.2) is 0 Å². The van der Waals surface area contributed by atoms with E-state index in [1.54, 1.807) is 0 Å². The van der Waals surface area contributed by atoms with Gasteiger partial charge in [-0.1, -0.05) is 99.2 Å². The van der Waals surface area contributed by atoms with E-state index in [4.69, 9.17) is 4.74 Å². The Morgan fingerprint density at radius 1 is 0.909 bits per heavy atom. The van der Waals surface area contributed by atoms with Gasteiger partial charge in [0.2, 0.25) is 0 Å². The molecule has 2 unspecified atom stereocenters. The molecule has 0 radical (unpaired) electrons. The summed E-state index contributed by atoms with van der Waals surface area (Å²) in [5.74, 6) is 0.926. The molecule has 3 aromatic rings. The van der Waals surface area contributed by atoms with Crippen LogP contribution in [-0.4, -0.2) is 5.11 Å². The van der Waals surface area contributed by atoms with E-state index in [2.05, 4.69) is 58.0 Å². The minimum Gasteiger partial charge on any atom is -0.489 e. The van der Waals surface area contributed by atoms with E-state index in [-0.39, 0.29) is 10.8 Å². The lowest BCUT2D eigenvalue weighted by atomic mass is 9.60. The van der Waals surface area contributed by atoms with Crippen molar-refractivity contribution < 1.29 is 9.84 Å². The number of rotatable bonds is 7. The molecule has 2 atom stereocenters. The van der Waals surface area contributed by atoms with Crippen molar-refractivity contribution in [3.05, 3.63) is 113 Å². The maximum atomic E-state index is 11.2. The summed E-state index contributed by atoms with van der Waals surface area (Å²) in [4.78, 5) is 0. The summed E-state index contributed by atoms with van der Waals surface area (Å²) in [6.45, 7) is 9.72. The van der Waals surface area contributed by atoms with E-state index < -0.39 is 6.10 Å². The highest BCUT2D eigenvalue weighted by Gasteiger charge is 2.41. The van der Waals surface area contributed by atoms with Crippen molar-refractivity contribution in [1.82, 2.24) is 0 Å². The van der Waals surface area contributed by atoms with Gasteiger partial charge in [0.25, 0.3) is 0 Å². The molecule has 1 N–H and O–H groups in total. The molecular formula is C31H36O2. The predicted molar refractivity (Wildman–Crippen MR) is 136 cm³/mol. The highest BCUT2D eigenvalue weighted by atomic mass is 16.5. The van der Waals surface area contributed by atoms with Gasteiger partial charge in [0, 0.05) is 11.0 Å². The Labute approximate surface area is 199 Å². The summed E-state index contributed by atoms with van der Waals surface area (Å²) in [6, 6.07) is 26.5. The lowest BCUT2D eigenvalue weighted by Crippen LogP contribution is -2.35. The molecule has 2 nitrogen and oxygen atoms in total. The van der Waals surface area contributed by atoms with Crippen molar-refractivity contribution in [2.75, 3.05) is 0 Å². The molecule has 1 aliphatic rings. The SMILES string of the molecule is CCC1(c2cc(C(O)c3ccccc3)ccc2OCc2ccccc2)CC(C)=CC(C)(C)C1. The summed E-state index contributed by atoms with van der Waals surface area (Å²) >= 11 is 0. The third kappa shape index (κ3) is 5.23. The lowest BCUT2D eigenvalue weighted by molar-refractivity contribution is 0.216. The van der Waals surface area contributed by atoms with Crippen molar-refractivity contribution in [1.29, 1.82) is 0 Å². The van der Waals surface area contributed by atoms with Gasteiger partial charge in [-0.15, -0.1) is 0 Å². The average molecular weight is 441 g/mol. The van der Waals surface area contributed by atoms with Crippen molar-refractivity contribution in [3.63, 3.8) is 0 Å². The fourth-order valence-electron chi connectivity index (χ4n) is 5.69. The van der Waals surface area contributed by atoms with Gasteiger partial charge < -0.3 is 9.84 Å². The highest BCUT2D eigenvalue weighted by molar-refractivity contribution is 5.47. The van der Waals surface area contributed by atoms with E-state index in [1.807, 2.05) is 54.6 Å². The number of hydrogen-bond acceptors (Lipinski definition) is 2.